The number of carbonyl (C=O) groups is 1. The lowest BCUT2D eigenvalue weighted by atomic mass is 9.83. The van der Waals surface area contributed by atoms with E-state index in [1.54, 1.807) is 39.0 Å². The average Bonchev–Trinajstić information content (AvgIpc) is 2.40. The van der Waals surface area contributed by atoms with E-state index in [1.807, 2.05) is 0 Å². The summed E-state index contributed by atoms with van der Waals surface area (Å²) in [7, 11) is -3.68. The predicted octanol–water partition coefficient (Wildman–Crippen LogP) is 2.16. The van der Waals surface area contributed by atoms with Crippen LogP contribution in [0.3, 0.4) is 0 Å². The second-order valence-corrected chi connectivity index (χ2v) is 6.70. The highest BCUT2D eigenvalue weighted by molar-refractivity contribution is 7.89. The lowest BCUT2D eigenvalue weighted by Gasteiger charge is -2.26. The quantitative estimate of drug-likeness (QED) is 0.808. The number of carboxylic acid groups (broad SMARTS) is 1. The molecule has 0 unspecified atom stereocenters. The Hall–Kier alpha value is -1.40. The first kappa shape index (κ1) is 16.7. The summed E-state index contributed by atoms with van der Waals surface area (Å²) in [5.74, 6) is -0.977. The molecule has 0 atom stereocenters. The summed E-state index contributed by atoms with van der Waals surface area (Å²) >= 11 is 0. The van der Waals surface area contributed by atoms with Crippen molar-refractivity contribution in [2.45, 2.75) is 38.5 Å². The minimum atomic E-state index is -3.68. The molecule has 6 heteroatoms. The smallest absolute Gasteiger partial charge is 0.310 e. The van der Waals surface area contributed by atoms with Crippen LogP contribution >= 0.6 is 0 Å². The third-order valence-electron chi connectivity index (χ3n) is 3.71. The first-order chi connectivity index (χ1) is 9.27. The molecular weight excluding hydrogens is 278 g/mol. The van der Waals surface area contributed by atoms with Crippen molar-refractivity contribution >= 4 is 16.0 Å². The van der Waals surface area contributed by atoms with Gasteiger partial charge in [-0.3, -0.25) is 4.79 Å². The summed E-state index contributed by atoms with van der Waals surface area (Å²) < 4.78 is 26.8. The topological polar surface area (TPSA) is 83.5 Å². The van der Waals surface area contributed by atoms with Crippen LogP contribution in [0.1, 0.15) is 32.3 Å². The van der Waals surface area contributed by atoms with Crippen molar-refractivity contribution in [2.24, 2.45) is 5.41 Å². The number of hydrogen-bond acceptors (Lipinski definition) is 3. The van der Waals surface area contributed by atoms with E-state index in [0.717, 1.165) is 5.56 Å². The van der Waals surface area contributed by atoms with E-state index in [4.69, 9.17) is 0 Å². The Morgan fingerprint density at radius 1 is 1.30 bits per heavy atom. The van der Waals surface area contributed by atoms with Crippen molar-refractivity contribution in [3.05, 3.63) is 29.8 Å². The van der Waals surface area contributed by atoms with Crippen molar-refractivity contribution in [1.29, 1.82) is 0 Å². The highest BCUT2D eigenvalue weighted by atomic mass is 32.2. The van der Waals surface area contributed by atoms with Crippen LogP contribution in [0.2, 0.25) is 0 Å². The largest absolute Gasteiger partial charge is 0.481 e. The van der Waals surface area contributed by atoms with Crippen molar-refractivity contribution < 1.29 is 18.3 Å². The number of rotatable bonds is 7. The van der Waals surface area contributed by atoms with E-state index in [9.17, 15) is 18.3 Å². The predicted molar refractivity (Wildman–Crippen MR) is 77.0 cm³/mol. The van der Waals surface area contributed by atoms with Gasteiger partial charge in [-0.25, -0.2) is 13.1 Å². The fraction of sp³-hybridized carbons (Fsp3) is 0.500. The number of aliphatic carboxylic acids is 1. The van der Waals surface area contributed by atoms with Crippen LogP contribution in [0, 0.1) is 12.3 Å². The fourth-order valence-electron chi connectivity index (χ4n) is 1.98. The van der Waals surface area contributed by atoms with Crippen LogP contribution in [0.5, 0.6) is 0 Å². The molecule has 112 valence electrons. The third-order valence-corrected chi connectivity index (χ3v) is 5.11. The van der Waals surface area contributed by atoms with Gasteiger partial charge in [0.15, 0.2) is 0 Å². The second-order valence-electron chi connectivity index (χ2n) is 4.93. The van der Waals surface area contributed by atoms with Gasteiger partial charge >= 0.3 is 5.97 Å². The highest BCUT2D eigenvalue weighted by Gasteiger charge is 2.36. The average molecular weight is 299 g/mol. The molecular formula is C14H21NO4S. The van der Waals surface area contributed by atoms with Gasteiger partial charge in [0.25, 0.3) is 0 Å². The highest BCUT2D eigenvalue weighted by Crippen LogP contribution is 2.26. The van der Waals surface area contributed by atoms with Gasteiger partial charge in [0.1, 0.15) is 0 Å². The molecule has 2 N–H and O–H groups in total. The normalized spacial score (nSPS) is 12.3. The van der Waals surface area contributed by atoms with Gasteiger partial charge in [-0.15, -0.1) is 0 Å². The summed E-state index contributed by atoms with van der Waals surface area (Å²) in [6.07, 6.45) is 0.740. The molecule has 0 fully saturated rings. The van der Waals surface area contributed by atoms with Crippen LogP contribution in [-0.2, 0) is 14.8 Å². The number of nitrogens with one attached hydrogen (secondary N) is 1. The minimum Gasteiger partial charge on any atom is -0.481 e. The molecule has 0 radical (unpaired) electrons. The van der Waals surface area contributed by atoms with E-state index in [0.29, 0.717) is 12.8 Å². The summed E-state index contributed by atoms with van der Waals surface area (Å²) in [5.41, 5.74) is -0.222. The Bertz CT molecular complexity index is 577. The van der Waals surface area contributed by atoms with Gasteiger partial charge in [0, 0.05) is 6.54 Å². The molecule has 0 aliphatic rings. The van der Waals surface area contributed by atoms with E-state index < -0.39 is 21.4 Å². The van der Waals surface area contributed by atoms with Crippen molar-refractivity contribution in [3.8, 4) is 0 Å². The van der Waals surface area contributed by atoms with Crippen LogP contribution < -0.4 is 4.72 Å². The number of sulfonamides is 1. The molecule has 1 aromatic carbocycles. The maximum Gasteiger partial charge on any atom is 0.310 e. The summed E-state index contributed by atoms with van der Waals surface area (Å²) in [6, 6.07) is 6.52. The molecule has 20 heavy (non-hydrogen) atoms. The number of hydrogen-bond donors (Lipinski definition) is 2. The molecule has 0 spiro atoms. The van der Waals surface area contributed by atoms with E-state index in [-0.39, 0.29) is 11.4 Å². The maximum absolute atomic E-state index is 12.2. The van der Waals surface area contributed by atoms with E-state index >= 15 is 0 Å². The molecule has 0 aliphatic carbocycles. The molecule has 5 nitrogen and oxygen atoms in total. The van der Waals surface area contributed by atoms with Gasteiger partial charge < -0.3 is 5.11 Å². The Labute approximate surface area is 120 Å². The first-order valence-corrected chi connectivity index (χ1v) is 8.05. The Morgan fingerprint density at radius 2 is 1.90 bits per heavy atom. The van der Waals surface area contributed by atoms with Gasteiger partial charge in [-0.1, -0.05) is 26.0 Å². The van der Waals surface area contributed by atoms with E-state index in [1.165, 1.54) is 6.07 Å². The zero-order chi connectivity index (χ0) is 15.4. The summed E-state index contributed by atoms with van der Waals surface area (Å²) in [5, 5.41) is 9.30. The SMILES string of the molecule is CCC(CC)(CNS(=O)(=O)c1cccc(C)c1)C(=O)O. The van der Waals surface area contributed by atoms with Crippen LogP contribution in [0.15, 0.2) is 29.2 Å². The standard InChI is InChI=1S/C14H21NO4S/c1-4-14(5-2,13(16)17)10-15-20(18,19)12-8-6-7-11(3)9-12/h6-9,15H,4-5,10H2,1-3H3,(H,16,17). The summed E-state index contributed by atoms with van der Waals surface area (Å²) in [6.45, 7) is 5.20. The first-order valence-electron chi connectivity index (χ1n) is 6.57. The zero-order valence-electron chi connectivity index (χ0n) is 12.0. The van der Waals surface area contributed by atoms with Crippen molar-refractivity contribution in [2.75, 3.05) is 6.54 Å². The molecule has 0 saturated carbocycles. The molecule has 0 aromatic heterocycles. The number of aryl methyl sites for hydroxylation is 1. The number of carboxylic acids is 1. The minimum absolute atomic E-state index is 0.106. The third kappa shape index (κ3) is 3.58. The monoisotopic (exact) mass is 299 g/mol. The Balaban J connectivity index is 2.95. The molecule has 1 aromatic rings. The second kappa shape index (κ2) is 6.37. The molecule has 0 amide bonds. The van der Waals surface area contributed by atoms with Crippen LogP contribution in [0.4, 0.5) is 0 Å². The maximum atomic E-state index is 12.2. The summed E-state index contributed by atoms with van der Waals surface area (Å²) in [4.78, 5) is 11.5. The van der Waals surface area contributed by atoms with Crippen molar-refractivity contribution in [3.63, 3.8) is 0 Å². The zero-order valence-corrected chi connectivity index (χ0v) is 12.8. The van der Waals surface area contributed by atoms with Gasteiger partial charge in [-0.2, -0.15) is 0 Å². The Kier molecular flexibility index (Phi) is 5.30. The van der Waals surface area contributed by atoms with Crippen LogP contribution in [0.25, 0.3) is 0 Å². The molecule has 0 bridgehead atoms. The molecule has 1 rings (SSSR count). The van der Waals surface area contributed by atoms with Gasteiger partial charge in [0.05, 0.1) is 10.3 Å². The van der Waals surface area contributed by atoms with Gasteiger partial charge in [-0.05, 0) is 37.5 Å². The lowest BCUT2D eigenvalue weighted by molar-refractivity contribution is -0.149. The molecule has 0 heterocycles. The van der Waals surface area contributed by atoms with E-state index in [2.05, 4.69) is 4.72 Å². The van der Waals surface area contributed by atoms with Crippen molar-refractivity contribution in [1.82, 2.24) is 4.72 Å². The molecule has 0 aliphatic heterocycles. The molecule has 0 saturated heterocycles. The Morgan fingerprint density at radius 3 is 2.35 bits per heavy atom. The van der Waals surface area contributed by atoms with Crippen LogP contribution in [-0.4, -0.2) is 26.0 Å². The fourth-order valence-corrected chi connectivity index (χ4v) is 3.21. The lowest BCUT2D eigenvalue weighted by Crippen LogP contribution is -2.42. The number of benzene rings is 1. The van der Waals surface area contributed by atoms with Gasteiger partial charge in [0.2, 0.25) is 10.0 Å².